The molecule has 1 amide bonds. The lowest BCUT2D eigenvalue weighted by molar-refractivity contribution is 0.0403. The molecule has 1 aromatic carbocycles. The summed E-state index contributed by atoms with van der Waals surface area (Å²) < 4.78 is 36.8. The molecule has 2 aromatic rings. The first kappa shape index (κ1) is 23.6. The second kappa shape index (κ2) is 9.62. The Balaban J connectivity index is 1.76. The van der Waals surface area contributed by atoms with Crippen LogP contribution in [0, 0.1) is 12.5 Å². The highest BCUT2D eigenvalue weighted by atomic mass is 32.2. The first-order chi connectivity index (χ1) is 15.1. The average molecular weight is 463 g/mol. The number of rotatable bonds is 6. The highest BCUT2D eigenvalue weighted by molar-refractivity contribution is 7.89. The number of benzene rings is 1. The highest BCUT2D eigenvalue weighted by Gasteiger charge is 2.35. The van der Waals surface area contributed by atoms with Crippen molar-refractivity contribution in [2.45, 2.75) is 50.7 Å². The molecule has 0 unspecified atom stereocenters. The van der Waals surface area contributed by atoms with Crippen LogP contribution in [0.15, 0.2) is 29.2 Å². The number of tetrazole rings is 1. The Morgan fingerprint density at radius 1 is 1.28 bits per heavy atom. The lowest BCUT2D eigenvalue weighted by Gasteiger charge is -2.24. The van der Waals surface area contributed by atoms with Gasteiger partial charge in [-0.15, -0.1) is 14.5 Å². The minimum Gasteiger partial charge on any atom is -0.443 e. The lowest BCUT2D eigenvalue weighted by atomic mass is 10.0. The number of amides is 1. The van der Waals surface area contributed by atoms with E-state index in [2.05, 4.69) is 20.3 Å². The van der Waals surface area contributed by atoms with Gasteiger partial charge in [0.15, 0.2) is 0 Å². The van der Waals surface area contributed by atoms with Gasteiger partial charge in [-0.3, -0.25) is 4.85 Å². The molecule has 1 fully saturated rings. The average Bonchev–Trinajstić information content (AvgIpc) is 3.20. The fourth-order valence-corrected chi connectivity index (χ4v) is 4.29. The van der Waals surface area contributed by atoms with E-state index in [0.29, 0.717) is 28.2 Å². The number of ether oxygens (including phenoxy) is 2. The number of carbonyl (C=O) groups is 1. The molecule has 0 N–H and O–H groups in total. The quantitative estimate of drug-likeness (QED) is 0.601. The molecule has 0 spiro atoms. The summed E-state index contributed by atoms with van der Waals surface area (Å²) >= 11 is 0. The van der Waals surface area contributed by atoms with Gasteiger partial charge in [-0.1, -0.05) is 0 Å². The standard InChI is InChI=1S/C20H26N6O5S/c1-20(2,3)31-19(27)25(14-21-4)32(28,29)17-7-5-16(6-8-17)18-22-24-26(23-18)13-15-9-11-30-12-10-15/h5-8,15H,9-14H2,1-3H3. The summed E-state index contributed by atoms with van der Waals surface area (Å²) in [7, 11) is -4.28. The van der Waals surface area contributed by atoms with Gasteiger partial charge in [0.2, 0.25) is 5.82 Å². The molecule has 1 aromatic heterocycles. The smallest absolute Gasteiger partial charge is 0.430 e. The van der Waals surface area contributed by atoms with E-state index < -0.39 is 28.4 Å². The Bertz CT molecular complexity index is 1080. The van der Waals surface area contributed by atoms with Gasteiger partial charge >= 0.3 is 12.8 Å². The molecule has 0 bridgehead atoms. The summed E-state index contributed by atoms with van der Waals surface area (Å²) in [4.78, 5) is 16.8. The third kappa shape index (κ3) is 5.80. The first-order valence-electron chi connectivity index (χ1n) is 10.1. The van der Waals surface area contributed by atoms with Crippen molar-refractivity contribution >= 4 is 16.1 Å². The Morgan fingerprint density at radius 3 is 2.53 bits per heavy atom. The molecule has 1 aliphatic rings. The van der Waals surface area contributed by atoms with Gasteiger partial charge in [-0.25, -0.2) is 19.8 Å². The molecule has 0 saturated carbocycles. The molecular formula is C20H26N6O5S. The minimum absolute atomic E-state index is 0.148. The van der Waals surface area contributed by atoms with E-state index in [9.17, 15) is 13.2 Å². The van der Waals surface area contributed by atoms with Crippen LogP contribution in [0.4, 0.5) is 4.79 Å². The Hall–Kier alpha value is -3.04. The molecule has 0 aliphatic carbocycles. The van der Waals surface area contributed by atoms with Crippen LogP contribution in [0.3, 0.4) is 0 Å². The van der Waals surface area contributed by atoms with E-state index in [1.807, 2.05) is 0 Å². The molecular weight excluding hydrogens is 436 g/mol. The van der Waals surface area contributed by atoms with E-state index in [-0.39, 0.29) is 4.90 Å². The maximum atomic E-state index is 12.9. The van der Waals surface area contributed by atoms with Crippen molar-refractivity contribution in [3.63, 3.8) is 0 Å². The predicted molar refractivity (Wildman–Crippen MR) is 114 cm³/mol. The highest BCUT2D eigenvalue weighted by Crippen LogP contribution is 2.23. The Kier molecular flexibility index (Phi) is 7.10. The summed E-state index contributed by atoms with van der Waals surface area (Å²) in [5.74, 6) is 0.797. The molecule has 1 saturated heterocycles. The van der Waals surface area contributed by atoms with Gasteiger partial charge in [-0.2, -0.15) is 4.80 Å². The summed E-state index contributed by atoms with van der Waals surface area (Å²) in [6.07, 6.45) is 0.792. The summed E-state index contributed by atoms with van der Waals surface area (Å²) in [5.41, 5.74) is -0.324. The number of sulfonamides is 1. The van der Waals surface area contributed by atoms with E-state index in [0.717, 1.165) is 26.1 Å². The number of hydrogen-bond donors (Lipinski definition) is 0. The van der Waals surface area contributed by atoms with Crippen LogP contribution < -0.4 is 0 Å². The van der Waals surface area contributed by atoms with E-state index >= 15 is 0 Å². The zero-order chi connectivity index (χ0) is 23.4. The van der Waals surface area contributed by atoms with Crippen molar-refractivity contribution in [3.8, 4) is 11.4 Å². The molecule has 172 valence electrons. The second-order valence-corrected chi connectivity index (χ2v) is 10.2. The maximum absolute atomic E-state index is 12.9. The second-order valence-electron chi connectivity index (χ2n) is 8.38. The van der Waals surface area contributed by atoms with Crippen LogP contribution in [0.25, 0.3) is 16.2 Å². The minimum atomic E-state index is -4.28. The molecule has 0 radical (unpaired) electrons. The fraction of sp³-hybridized carbons (Fsp3) is 0.550. The van der Waals surface area contributed by atoms with Gasteiger partial charge in [0.05, 0.1) is 11.4 Å². The Labute approximate surface area is 187 Å². The molecule has 12 heteroatoms. The van der Waals surface area contributed by atoms with Crippen LogP contribution in [0.5, 0.6) is 0 Å². The predicted octanol–water partition coefficient (Wildman–Crippen LogP) is 2.57. The van der Waals surface area contributed by atoms with Crippen molar-refractivity contribution in [1.82, 2.24) is 24.5 Å². The number of aromatic nitrogens is 4. The number of carbonyl (C=O) groups excluding carboxylic acids is 1. The monoisotopic (exact) mass is 462 g/mol. The summed E-state index contributed by atoms with van der Waals surface area (Å²) in [5, 5.41) is 12.5. The summed E-state index contributed by atoms with van der Waals surface area (Å²) in [6.45, 7) is 13.3. The van der Waals surface area contributed by atoms with Crippen molar-refractivity contribution in [3.05, 3.63) is 35.7 Å². The van der Waals surface area contributed by atoms with Gasteiger partial charge < -0.3 is 9.47 Å². The Morgan fingerprint density at radius 2 is 1.94 bits per heavy atom. The van der Waals surface area contributed by atoms with Crippen molar-refractivity contribution in [2.24, 2.45) is 5.92 Å². The van der Waals surface area contributed by atoms with Gasteiger partial charge in [-0.05, 0) is 69.0 Å². The van der Waals surface area contributed by atoms with Crippen molar-refractivity contribution in [1.29, 1.82) is 0 Å². The zero-order valence-corrected chi connectivity index (χ0v) is 19.1. The molecule has 3 rings (SSSR count). The van der Waals surface area contributed by atoms with Crippen molar-refractivity contribution < 1.29 is 22.7 Å². The zero-order valence-electron chi connectivity index (χ0n) is 18.3. The van der Waals surface area contributed by atoms with Gasteiger partial charge in [0.1, 0.15) is 5.60 Å². The molecule has 11 nitrogen and oxygen atoms in total. The topological polar surface area (TPSA) is 121 Å². The van der Waals surface area contributed by atoms with Crippen LogP contribution in [0.1, 0.15) is 33.6 Å². The maximum Gasteiger partial charge on any atom is 0.430 e. The normalized spacial score (nSPS) is 15.2. The number of nitrogens with zero attached hydrogens (tertiary/aromatic N) is 6. The van der Waals surface area contributed by atoms with Gasteiger partial charge in [0, 0.05) is 18.8 Å². The number of hydrogen-bond acceptors (Lipinski definition) is 8. The van der Waals surface area contributed by atoms with E-state index in [4.69, 9.17) is 16.0 Å². The first-order valence-corrected chi connectivity index (χ1v) is 11.6. The van der Waals surface area contributed by atoms with Gasteiger partial charge in [0.25, 0.3) is 10.0 Å². The van der Waals surface area contributed by atoms with Crippen LogP contribution in [-0.4, -0.2) is 64.5 Å². The third-order valence-electron chi connectivity index (χ3n) is 4.71. The molecule has 2 heterocycles. The van der Waals surface area contributed by atoms with Crippen LogP contribution in [0.2, 0.25) is 0 Å². The third-order valence-corrected chi connectivity index (χ3v) is 6.42. The van der Waals surface area contributed by atoms with Crippen LogP contribution in [-0.2, 0) is 26.0 Å². The van der Waals surface area contributed by atoms with Crippen molar-refractivity contribution in [2.75, 3.05) is 19.9 Å². The SMILES string of the molecule is [C-]#[N+]CN(C(=O)OC(C)(C)C)S(=O)(=O)c1ccc(-c2nnn(CC3CCOCC3)n2)cc1. The van der Waals surface area contributed by atoms with Crippen LogP contribution >= 0.6 is 0 Å². The summed E-state index contributed by atoms with van der Waals surface area (Å²) in [6, 6.07) is 5.75. The fourth-order valence-electron chi connectivity index (χ4n) is 3.11. The molecule has 32 heavy (non-hydrogen) atoms. The van der Waals surface area contributed by atoms with E-state index in [1.165, 1.54) is 29.1 Å². The molecule has 1 aliphatic heterocycles. The molecule has 0 atom stereocenters. The lowest BCUT2D eigenvalue weighted by Crippen LogP contribution is -2.40. The van der Waals surface area contributed by atoms with E-state index in [1.54, 1.807) is 20.8 Å². The largest absolute Gasteiger partial charge is 0.443 e.